The third-order valence-electron chi connectivity index (χ3n) is 4.90. The Labute approximate surface area is 184 Å². The Kier molecular flexibility index (Phi) is 6.95. The van der Waals surface area contributed by atoms with Crippen molar-refractivity contribution in [2.45, 2.75) is 19.1 Å². The molecular weight excluding hydrogens is 438 g/mol. The summed E-state index contributed by atoms with van der Waals surface area (Å²) in [6.07, 6.45) is -7.21. The Morgan fingerprint density at radius 2 is 1.45 bits per heavy atom. The first kappa shape index (κ1) is 23.1. The van der Waals surface area contributed by atoms with Crippen molar-refractivity contribution in [1.29, 1.82) is 0 Å². The second kappa shape index (κ2) is 9.31. The molecule has 7 heteroatoms. The zero-order valence-corrected chi connectivity index (χ0v) is 18.5. The number of benzene rings is 3. The summed E-state index contributed by atoms with van der Waals surface area (Å²) in [5.74, 6) is -0.322. The van der Waals surface area contributed by atoms with Crippen molar-refractivity contribution in [3.8, 4) is 0 Å². The molecule has 0 aromatic heterocycles. The fourth-order valence-corrected chi connectivity index (χ4v) is 6.70. The lowest BCUT2D eigenvalue weighted by Crippen LogP contribution is -2.32. The summed E-state index contributed by atoms with van der Waals surface area (Å²) < 4.78 is 40.0. The van der Waals surface area contributed by atoms with Crippen LogP contribution in [0.4, 0.5) is 13.2 Å². The van der Waals surface area contributed by atoms with E-state index in [0.717, 1.165) is 22.7 Å². The van der Waals surface area contributed by atoms with Gasteiger partial charge in [-0.2, -0.15) is 13.2 Å². The molecule has 0 aliphatic heterocycles. The van der Waals surface area contributed by atoms with E-state index in [-0.39, 0.29) is 16.9 Å². The summed E-state index contributed by atoms with van der Waals surface area (Å²) in [4.78, 5) is 12.2. The Morgan fingerprint density at radius 3 is 1.90 bits per heavy atom. The van der Waals surface area contributed by atoms with Gasteiger partial charge in [0.1, 0.15) is 0 Å². The minimum Gasteiger partial charge on any atom is -0.295 e. The highest BCUT2D eigenvalue weighted by molar-refractivity contribution is 8.20. The van der Waals surface area contributed by atoms with Crippen molar-refractivity contribution < 1.29 is 18.0 Å². The van der Waals surface area contributed by atoms with Gasteiger partial charge in [-0.15, -0.1) is 0 Å². The Balaban J connectivity index is 2.16. The van der Waals surface area contributed by atoms with Gasteiger partial charge in [-0.05, 0) is 24.6 Å². The van der Waals surface area contributed by atoms with Gasteiger partial charge in [0.2, 0.25) is 0 Å². The van der Waals surface area contributed by atoms with Crippen LogP contribution in [0.15, 0.2) is 97.1 Å². The molecule has 2 nitrogen and oxygen atoms in total. The van der Waals surface area contributed by atoms with E-state index in [9.17, 15) is 18.0 Å². The van der Waals surface area contributed by atoms with Crippen LogP contribution in [0, 0.1) is 0 Å². The van der Waals surface area contributed by atoms with Crippen LogP contribution in [-0.4, -0.2) is 5.78 Å². The average Bonchev–Trinajstić information content (AvgIpc) is 2.77. The Bertz CT molecular complexity index is 1090. The smallest absolute Gasteiger partial charge is 0.295 e. The lowest BCUT2D eigenvalue weighted by atomic mass is 9.97. The summed E-state index contributed by atoms with van der Waals surface area (Å²) in [7, 11) is 0. The molecule has 1 unspecified atom stereocenters. The van der Waals surface area contributed by atoms with Crippen LogP contribution in [0.2, 0.25) is 0 Å². The van der Waals surface area contributed by atoms with Gasteiger partial charge >= 0.3 is 6.18 Å². The van der Waals surface area contributed by atoms with Crippen LogP contribution in [0.5, 0.6) is 0 Å². The number of carbonyl (C=O) groups excluding carboxylic acids is 1. The van der Waals surface area contributed by atoms with E-state index >= 15 is 0 Å². The van der Waals surface area contributed by atoms with Gasteiger partial charge in [0.05, 0.1) is 17.8 Å². The van der Waals surface area contributed by atoms with Gasteiger partial charge in [-0.25, -0.2) is 0 Å². The van der Waals surface area contributed by atoms with E-state index in [1.165, 1.54) is 13.0 Å². The number of rotatable bonds is 7. The molecule has 160 valence electrons. The molecule has 0 bridgehead atoms. The van der Waals surface area contributed by atoms with Crippen molar-refractivity contribution in [2.75, 3.05) is 0 Å². The number of carbonyl (C=O) groups is 1. The van der Waals surface area contributed by atoms with Crippen molar-refractivity contribution in [3.05, 3.63) is 108 Å². The van der Waals surface area contributed by atoms with E-state index in [1.54, 1.807) is 6.07 Å². The molecule has 0 amide bonds. The second-order valence-corrected chi connectivity index (χ2v) is 11.2. The molecule has 0 fully saturated rings. The van der Waals surface area contributed by atoms with Gasteiger partial charge in [0.25, 0.3) is 0 Å². The first-order chi connectivity index (χ1) is 14.6. The molecule has 0 heterocycles. The zero-order valence-electron chi connectivity index (χ0n) is 16.8. The number of alkyl halides is 3. The standard InChI is InChI=1S/C24H21F3NOPS/c1-17(18(2)29)23(19-10-9-11-20(16-19)24(25,26)27)28-30(31,21-12-5-3-6-13-21)22-14-7-4-8-15-22/h3-16,23H,1H2,2H3,(H,28,31). The zero-order chi connectivity index (χ0) is 22.6. The van der Waals surface area contributed by atoms with Crippen LogP contribution >= 0.6 is 6.19 Å². The minimum absolute atomic E-state index is 0.153. The van der Waals surface area contributed by atoms with Crippen LogP contribution in [0.3, 0.4) is 0 Å². The third kappa shape index (κ3) is 5.21. The molecule has 1 N–H and O–H groups in total. The van der Waals surface area contributed by atoms with Gasteiger partial charge in [0, 0.05) is 16.2 Å². The lowest BCUT2D eigenvalue weighted by Gasteiger charge is -2.31. The molecule has 0 saturated carbocycles. The molecule has 3 aromatic carbocycles. The molecule has 0 aliphatic carbocycles. The quantitative estimate of drug-likeness (QED) is 0.372. The molecule has 0 saturated heterocycles. The molecule has 31 heavy (non-hydrogen) atoms. The molecule has 0 radical (unpaired) electrons. The molecule has 0 spiro atoms. The van der Waals surface area contributed by atoms with Crippen molar-refractivity contribution in [2.24, 2.45) is 0 Å². The fourth-order valence-electron chi connectivity index (χ4n) is 3.21. The summed E-state index contributed by atoms with van der Waals surface area (Å²) in [5.41, 5.74) is -0.350. The highest BCUT2D eigenvalue weighted by Crippen LogP contribution is 2.44. The SMILES string of the molecule is C=C(C(C)=O)C(NP(=S)(c1ccccc1)c1ccccc1)c1cccc(C(F)(F)F)c1. The van der Waals surface area contributed by atoms with Crippen molar-refractivity contribution in [1.82, 2.24) is 5.09 Å². The van der Waals surface area contributed by atoms with Crippen LogP contribution < -0.4 is 15.7 Å². The lowest BCUT2D eigenvalue weighted by molar-refractivity contribution is -0.137. The largest absolute Gasteiger partial charge is 0.416 e. The number of halogens is 3. The van der Waals surface area contributed by atoms with Gasteiger partial charge in [0.15, 0.2) is 5.78 Å². The monoisotopic (exact) mass is 459 g/mol. The number of ketones is 1. The maximum absolute atomic E-state index is 13.3. The molecule has 3 rings (SSSR count). The number of hydrogen-bond acceptors (Lipinski definition) is 2. The van der Waals surface area contributed by atoms with Crippen molar-refractivity contribution in [3.63, 3.8) is 0 Å². The number of hydrogen-bond donors (Lipinski definition) is 1. The highest BCUT2D eigenvalue weighted by Gasteiger charge is 2.33. The summed E-state index contributed by atoms with van der Waals surface area (Å²) in [6, 6.07) is 22.8. The maximum atomic E-state index is 13.3. The molecule has 0 aliphatic rings. The van der Waals surface area contributed by atoms with Crippen LogP contribution in [0.25, 0.3) is 0 Å². The summed E-state index contributed by atoms with van der Waals surface area (Å²) in [5, 5.41) is 5.05. The predicted octanol–water partition coefficient (Wildman–Crippen LogP) is 5.53. The first-order valence-corrected chi connectivity index (χ1v) is 12.3. The summed E-state index contributed by atoms with van der Waals surface area (Å²) in [6.45, 7) is 5.22. The molecule has 1 atom stereocenters. The number of nitrogens with one attached hydrogen (secondary N) is 1. The number of Topliss-reactive ketones (excluding diaryl/α,β-unsaturated/α-hetero) is 1. The van der Waals surface area contributed by atoms with E-state index in [1.807, 2.05) is 60.7 Å². The van der Waals surface area contributed by atoms with Gasteiger partial charge < -0.3 is 0 Å². The normalized spacial score (nSPS) is 12.9. The predicted molar refractivity (Wildman–Crippen MR) is 124 cm³/mol. The maximum Gasteiger partial charge on any atom is 0.416 e. The van der Waals surface area contributed by atoms with E-state index in [2.05, 4.69) is 11.7 Å². The topological polar surface area (TPSA) is 29.1 Å². The van der Waals surface area contributed by atoms with Gasteiger partial charge in [-0.1, -0.05) is 91.2 Å². The average molecular weight is 459 g/mol. The van der Waals surface area contributed by atoms with Crippen LogP contribution in [-0.2, 0) is 22.8 Å². The van der Waals surface area contributed by atoms with E-state index in [4.69, 9.17) is 11.8 Å². The fraction of sp³-hybridized carbons (Fsp3) is 0.125. The third-order valence-corrected chi connectivity index (χ3v) is 9.15. The van der Waals surface area contributed by atoms with E-state index < -0.39 is 24.0 Å². The molecular formula is C24H21F3NOPS. The molecule has 3 aromatic rings. The Hall–Kier alpha value is -2.53. The Morgan fingerprint density at radius 1 is 0.935 bits per heavy atom. The van der Waals surface area contributed by atoms with Crippen molar-refractivity contribution >= 4 is 34.4 Å². The van der Waals surface area contributed by atoms with Crippen LogP contribution in [0.1, 0.15) is 24.1 Å². The summed E-state index contributed by atoms with van der Waals surface area (Å²) >= 11 is 6.15. The first-order valence-electron chi connectivity index (χ1n) is 9.49. The highest BCUT2D eigenvalue weighted by atomic mass is 32.4. The minimum atomic E-state index is -4.50. The second-order valence-electron chi connectivity index (χ2n) is 7.05. The van der Waals surface area contributed by atoms with Gasteiger partial charge in [-0.3, -0.25) is 9.88 Å². The van der Waals surface area contributed by atoms with E-state index in [0.29, 0.717) is 0 Å².